The summed E-state index contributed by atoms with van der Waals surface area (Å²) >= 11 is 0. The van der Waals surface area contributed by atoms with Crippen molar-refractivity contribution in [3.63, 3.8) is 0 Å². The molecule has 0 bridgehead atoms. The maximum absolute atomic E-state index is 13.5. The number of carbonyl (C=O) groups excluding carboxylic acids is 1. The Morgan fingerprint density at radius 3 is 2.22 bits per heavy atom. The van der Waals surface area contributed by atoms with E-state index in [9.17, 15) is 13.2 Å². The zero-order chi connectivity index (χ0) is 24.9. The summed E-state index contributed by atoms with van der Waals surface area (Å²) in [4.78, 5) is 26.7. The number of benzene rings is 3. The number of hydrogen-bond acceptors (Lipinski definition) is 6. The number of likely N-dealkylation sites (N-methyl/N-ethyl adjacent to an activating group) is 1. The number of nitrogens with zero attached hydrogens (tertiary/aromatic N) is 5. The number of rotatable bonds is 3. The van der Waals surface area contributed by atoms with Gasteiger partial charge in [-0.3, -0.25) is 14.0 Å². The molecule has 9 heteroatoms. The number of carbonyl (C=O) groups is 1. The highest BCUT2D eigenvalue weighted by Gasteiger charge is 2.31. The second kappa shape index (κ2) is 8.60. The molecule has 3 aromatic carbocycles. The Morgan fingerprint density at radius 2 is 1.47 bits per heavy atom. The lowest BCUT2D eigenvalue weighted by molar-refractivity contribution is 0.0985. The van der Waals surface area contributed by atoms with E-state index in [1.165, 1.54) is 16.4 Å². The summed E-state index contributed by atoms with van der Waals surface area (Å²) in [5.74, 6) is 0.923. The van der Waals surface area contributed by atoms with Crippen LogP contribution in [0.4, 0.5) is 17.3 Å². The molecule has 1 amide bonds. The van der Waals surface area contributed by atoms with Crippen LogP contribution in [0.1, 0.15) is 22.3 Å². The first-order valence-electron chi connectivity index (χ1n) is 11.9. The van der Waals surface area contributed by atoms with Gasteiger partial charge in [0, 0.05) is 32.2 Å². The number of anilines is 3. The number of aromatic nitrogens is 2. The van der Waals surface area contributed by atoms with E-state index in [0.29, 0.717) is 42.4 Å². The van der Waals surface area contributed by atoms with Gasteiger partial charge in [-0.15, -0.1) is 0 Å². The van der Waals surface area contributed by atoms with Gasteiger partial charge >= 0.3 is 0 Å². The van der Waals surface area contributed by atoms with Gasteiger partial charge in [-0.25, -0.2) is 18.4 Å². The summed E-state index contributed by atoms with van der Waals surface area (Å²) in [5, 5.41) is 0. The molecule has 182 valence electrons. The molecule has 0 saturated heterocycles. The standard InChI is InChI=1S/C27H25N5O3S/c1-30-17-18-31(26-25(30)28-22-9-3-4-10-23(22)29-26)27(33)20-12-14-21(15-13-20)36(34,35)32-16-6-8-19-7-2-5-11-24(19)32/h2-5,7,9-15H,6,8,16-18H2,1H3. The van der Waals surface area contributed by atoms with Crippen molar-refractivity contribution in [1.29, 1.82) is 0 Å². The third kappa shape index (κ3) is 3.67. The van der Waals surface area contributed by atoms with Crippen molar-refractivity contribution in [3.8, 4) is 0 Å². The predicted molar refractivity (Wildman–Crippen MR) is 140 cm³/mol. The second-order valence-electron chi connectivity index (χ2n) is 9.07. The average Bonchev–Trinajstić information content (AvgIpc) is 2.92. The Hall–Kier alpha value is -3.98. The van der Waals surface area contributed by atoms with Gasteiger partial charge in [-0.1, -0.05) is 30.3 Å². The second-order valence-corrected chi connectivity index (χ2v) is 10.9. The molecule has 8 nitrogen and oxygen atoms in total. The van der Waals surface area contributed by atoms with E-state index in [-0.39, 0.29) is 10.8 Å². The van der Waals surface area contributed by atoms with Crippen molar-refractivity contribution in [2.75, 3.05) is 40.8 Å². The monoisotopic (exact) mass is 499 g/mol. The van der Waals surface area contributed by atoms with Crippen LogP contribution in [0.25, 0.3) is 11.0 Å². The van der Waals surface area contributed by atoms with Crippen LogP contribution in [0, 0.1) is 0 Å². The number of fused-ring (bicyclic) bond motifs is 3. The average molecular weight is 500 g/mol. The van der Waals surface area contributed by atoms with E-state index in [0.717, 1.165) is 29.6 Å². The Balaban J connectivity index is 1.31. The summed E-state index contributed by atoms with van der Waals surface area (Å²) in [6, 6.07) is 21.4. The maximum atomic E-state index is 13.5. The number of amides is 1. The zero-order valence-electron chi connectivity index (χ0n) is 19.8. The molecule has 6 rings (SSSR count). The predicted octanol–water partition coefficient (Wildman–Crippen LogP) is 3.87. The molecule has 0 atom stereocenters. The Bertz CT molecular complexity index is 1590. The van der Waals surface area contributed by atoms with Gasteiger partial charge in [0.15, 0.2) is 11.6 Å². The lowest BCUT2D eigenvalue weighted by Gasteiger charge is -2.33. The third-order valence-corrected chi connectivity index (χ3v) is 8.64. The van der Waals surface area contributed by atoms with Gasteiger partial charge in [0.1, 0.15) is 0 Å². The molecule has 0 spiro atoms. The van der Waals surface area contributed by atoms with Gasteiger partial charge in [-0.05, 0) is 60.9 Å². The highest BCUT2D eigenvalue weighted by atomic mass is 32.2. The van der Waals surface area contributed by atoms with Crippen LogP contribution in [-0.4, -0.2) is 51.0 Å². The van der Waals surface area contributed by atoms with Crippen molar-refractivity contribution in [2.45, 2.75) is 17.7 Å². The largest absolute Gasteiger partial charge is 0.355 e. The molecule has 0 fully saturated rings. The van der Waals surface area contributed by atoms with Gasteiger partial charge in [0.2, 0.25) is 0 Å². The molecular formula is C27H25N5O3S. The van der Waals surface area contributed by atoms with Crippen molar-refractivity contribution in [3.05, 3.63) is 83.9 Å². The van der Waals surface area contributed by atoms with Crippen molar-refractivity contribution < 1.29 is 13.2 Å². The lowest BCUT2D eigenvalue weighted by Crippen LogP contribution is -2.43. The molecule has 4 aromatic rings. The van der Waals surface area contributed by atoms with Crippen LogP contribution >= 0.6 is 0 Å². The molecule has 36 heavy (non-hydrogen) atoms. The van der Waals surface area contributed by atoms with E-state index < -0.39 is 10.0 Å². The molecule has 1 aromatic heterocycles. The Kier molecular flexibility index (Phi) is 5.37. The lowest BCUT2D eigenvalue weighted by atomic mass is 10.0. The minimum atomic E-state index is -3.74. The minimum Gasteiger partial charge on any atom is -0.355 e. The number of para-hydroxylation sites is 3. The number of aryl methyl sites for hydroxylation is 1. The van der Waals surface area contributed by atoms with Crippen molar-refractivity contribution in [1.82, 2.24) is 9.97 Å². The fourth-order valence-corrected chi connectivity index (χ4v) is 6.42. The summed E-state index contributed by atoms with van der Waals surface area (Å²) in [6.45, 7) is 1.51. The fourth-order valence-electron chi connectivity index (χ4n) is 4.88. The highest BCUT2D eigenvalue weighted by Crippen LogP contribution is 2.33. The quantitative estimate of drug-likeness (QED) is 0.425. The van der Waals surface area contributed by atoms with Crippen molar-refractivity contribution >= 4 is 44.3 Å². The normalized spacial score (nSPS) is 15.5. The van der Waals surface area contributed by atoms with E-state index in [4.69, 9.17) is 9.97 Å². The van der Waals surface area contributed by atoms with E-state index >= 15 is 0 Å². The molecule has 2 aliphatic rings. The summed E-state index contributed by atoms with van der Waals surface area (Å²) in [6.07, 6.45) is 1.63. The minimum absolute atomic E-state index is 0.167. The summed E-state index contributed by atoms with van der Waals surface area (Å²) in [7, 11) is -1.81. The molecule has 0 N–H and O–H groups in total. The van der Waals surface area contributed by atoms with Gasteiger partial charge in [0.05, 0.1) is 21.6 Å². The number of hydrogen-bond donors (Lipinski definition) is 0. The van der Waals surface area contributed by atoms with Gasteiger partial charge in [-0.2, -0.15) is 0 Å². The van der Waals surface area contributed by atoms with E-state index in [1.807, 2.05) is 60.5 Å². The van der Waals surface area contributed by atoms with Crippen LogP contribution < -0.4 is 14.1 Å². The third-order valence-electron chi connectivity index (χ3n) is 6.81. The van der Waals surface area contributed by atoms with Crippen LogP contribution in [0.3, 0.4) is 0 Å². The SMILES string of the molecule is CN1CCN(C(=O)c2ccc(S(=O)(=O)N3CCCc4ccccc43)cc2)c2nc3ccccc3nc21. The van der Waals surface area contributed by atoms with Crippen molar-refractivity contribution in [2.24, 2.45) is 0 Å². The Labute approximate surface area is 209 Å². The topological polar surface area (TPSA) is 86.7 Å². The summed E-state index contributed by atoms with van der Waals surface area (Å²) in [5.41, 5.74) is 3.64. The molecule has 2 aliphatic heterocycles. The molecular weight excluding hydrogens is 474 g/mol. The summed E-state index contributed by atoms with van der Waals surface area (Å²) < 4.78 is 28.4. The fraction of sp³-hybridized carbons (Fsp3) is 0.222. The molecule has 0 saturated carbocycles. The molecule has 3 heterocycles. The van der Waals surface area contributed by atoms with E-state index in [1.54, 1.807) is 17.0 Å². The molecule has 0 aliphatic carbocycles. The molecule has 0 unspecified atom stereocenters. The highest BCUT2D eigenvalue weighted by molar-refractivity contribution is 7.92. The smallest absolute Gasteiger partial charge is 0.264 e. The van der Waals surface area contributed by atoms with Crippen LogP contribution in [0.5, 0.6) is 0 Å². The first kappa shape index (κ1) is 22.5. The maximum Gasteiger partial charge on any atom is 0.264 e. The number of sulfonamides is 1. The Morgan fingerprint density at radius 1 is 0.806 bits per heavy atom. The zero-order valence-corrected chi connectivity index (χ0v) is 20.6. The van der Waals surface area contributed by atoms with Crippen LogP contribution in [-0.2, 0) is 16.4 Å². The molecule has 0 radical (unpaired) electrons. The first-order chi connectivity index (χ1) is 17.4. The van der Waals surface area contributed by atoms with Gasteiger partial charge in [0.25, 0.3) is 15.9 Å². The van der Waals surface area contributed by atoms with Crippen LogP contribution in [0.15, 0.2) is 77.7 Å². The van der Waals surface area contributed by atoms with Crippen LogP contribution in [0.2, 0.25) is 0 Å². The van der Waals surface area contributed by atoms with E-state index in [2.05, 4.69) is 0 Å². The van der Waals surface area contributed by atoms with Gasteiger partial charge < -0.3 is 4.90 Å². The first-order valence-corrected chi connectivity index (χ1v) is 13.4.